The molecule has 4 heterocycles. The van der Waals surface area contributed by atoms with Crippen LogP contribution in [0.1, 0.15) is 61.3 Å². The maximum atomic E-state index is 14.4. The van der Waals surface area contributed by atoms with Gasteiger partial charge in [-0.05, 0) is 92.2 Å². The maximum Gasteiger partial charge on any atom is 0.264 e. The van der Waals surface area contributed by atoms with Gasteiger partial charge >= 0.3 is 0 Å². The average molecular weight is 749 g/mol. The number of carbonyl (C=O) groups excluding carboxylic acids is 4. The summed E-state index contributed by atoms with van der Waals surface area (Å²) >= 11 is 0. The molecular weight excluding hydrogens is 697 g/mol. The van der Waals surface area contributed by atoms with Gasteiger partial charge in [-0.15, -0.1) is 0 Å². The molecule has 12 nitrogen and oxygen atoms in total. The Morgan fingerprint density at radius 3 is 2.18 bits per heavy atom. The molecule has 0 aliphatic carbocycles. The molecule has 4 amide bonds. The van der Waals surface area contributed by atoms with Crippen LogP contribution in [0.4, 0.5) is 17.1 Å². The molecule has 0 aromatic heterocycles. The number of anilines is 3. The Kier molecular flexibility index (Phi) is 11.8. The van der Waals surface area contributed by atoms with Crippen LogP contribution in [0.5, 0.6) is 0 Å². The zero-order valence-corrected chi connectivity index (χ0v) is 31.4. The SMILES string of the molecule is C[C@@H](/C=C/CC(=O)N1Cc2ccccc2C[C@H]1CO)[C@]1(O)C(=O)N(Cc2ccc(NC(=O)C3CCCNC3)cc2)c2ccc(NC(=O)C3CCCNC3)cc21. The molecule has 5 atom stereocenters. The highest BCUT2D eigenvalue weighted by Gasteiger charge is 2.52. The van der Waals surface area contributed by atoms with Gasteiger partial charge < -0.3 is 41.3 Å². The lowest BCUT2D eigenvalue weighted by atomic mass is 9.82. The smallest absolute Gasteiger partial charge is 0.264 e. The van der Waals surface area contributed by atoms with E-state index in [1.807, 2.05) is 48.5 Å². The molecule has 290 valence electrons. The van der Waals surface area contributed by atoms with E-state index in [9.17, 15) is 29.4 Å². The Labute approximate surface area is 322 Å². The number of hydrogen-bond acceptors (Lipinski definition) is 8. The van der Waals surface area contributed by atoms with E-state index in [1.54, 1.807) is 47.1 Å². The zero-order chi connectivity index (χ0) is 38.5. The standard InChI is InChI=1S/C43H52N6O6/c1-28(7-4-12-39(51)48-26-33-9-3-2-8-30(33)21-36(48)27-50)43(55)37-22-35(47-41(53)32-11-6-20-45-24-32)17-18-38(37)49(42(43)54)25-29-13-15-34(16-14-29)46-40(52)31-10-5-19-44-23-31/h2-4,7-9,13-18,22,28,31-32,36,44-45,50,55H,5-6,10-12,19-21,23-27H2,1H3,(H,46,52)(H,47,53)/b7-4+/t28-,31?,32?,36-,43+/m0/s1. The third kappa shape index (κ3) is 8.23. The van der Waals surface area contributed by atoms with Crippen molar-refractivity contribution < 1.29 is 29.4 Å². The zero-order valence-electron chi connectivity index (χ0n) is 31.4. The lowest BCUT2D eigenvalue weighted by Gasteiger charge is -2.36. The van der Waals surface area contributed by atoms with Crippen molar-refractivity contribution in [1.29, 1.82) is 0 Å². The summed E-state index contributed by atoms with van der Waals surface area (Å²) in [6.07, 6.45) is 7.51. The summed E-state index contributed by atoms with van der Waals surface area (Å²) in [4.78, 5) is 57.1. The Balaban J connectivity index is 1.09. The average Bonchev–Trinajstić information content (AvgIpc) is 3.43. The van der Waals surface area contributed by atoms with Crippen LogP contribution < -0.4 is 26.2 Å². The van der Waals surface area contributed by atoms with Gasteiger partial charge in [0, 0.05) is 48.9 Å². The van der Waals surface area contributed by atoms with E-state index >= 15 is 0 Å². The first-order valence-corrected chi connectivity index (χ1v) is 19.6. The quantitative estimate of drug-likeness (QED) is 0.161. The first kappa shape index (κ1) is 38.4. The van der Waals surface area contributed by atoms with Crippen molar-refractivity contribution in [3.05, 3.63) is 101 Å². The van der Waals surface area contributed by atoms with Crippen LogP contribution in [0.2, 0.25) is 0 Å². The van der Waals surface area contributed by atoms with E-state index < -0.39 is 17.4 Å². The van der Waals surface area contributed by atoms with Crippen molar-refractivity contribution in [2.45, 2.75) is 70.2 Å². The number of aliphatic hydroxyl groups is 2. The van der Waals surface area contributed by atoms with Crippen LogP contribution in [-0.4, -0.2) is 77.6 Å². The molecule has 3 aromatic rings. The summed E-state index contributed by atoms with van der Waals surface area (Å²) in [5, 5.41) is 35.1. The minimum atomic E-state index is -1.98. The molecule has 0 radical (unpaired) electrons. The Morgan fingerprint density at radius 1 is 0.909 bits per heavy atom. The van der Waals surface area contributed by atoms with Crippen molar-refractivity contribution in [2.75, 3.05) is 48.3 Å². The van der Waals surface area contributed by atoms with Gasteiger partial charge in [0.25, 0.3) is 5.91 Å². The molecular formula is C43H52N6O6. The van der Waals surface area contributed by atoms with Gasteiger partial charge in [-0.2, -0.15) is 0 Å². The molecule has 6 N–H and O–H groups in total. The summed E-state index contributed by atoms with van der Waals surface area (Å²) in [6, 6.07) is 20.2. The van der Waals surface area contributed by atoms with E-state index in [4.69, 9.17) is 0 Å². The summed E-state index contributed by atoms with van der Waals surface area (Å²) in [5.41, 5.74) is 3.06. The van der Waals surface area contributed by atoms with E-state index in [0.717, 1.165) is 55.5 Å². The summed E-state index contributed by atoms with van der Waals surface area (Å²) < 4.78 is 0. The molecule has 3 aromatic carbocycles. The highest BCUT2D eigenvalue weighted by molar-refractivity contribution is 6.08. The number of hydrogen-bond donors (Lipinski definition) is 6. The third-order valence-corrected chi connectivity index (χ3v) is 11.7. The maximum absolute atomic E-state index is 14.4. The molecule has 55 heavy (non-hydrogen) atoms. The first-order valence-electron chi connectivity index (χ1n) is 19.6. The van der Waals surface area contributed by atoms with Gasteiger partial charge in [0.05, 0.1) is 36.7 Å². The van der Waals surface area contributed by atoms with Gasteiger partial charge in [-0.25, -0.2) is 0 Å². The predicted molar refractivity (Wildman–Crippen MR) is 211 cm³/mol. The minimum absolute atomic E-state index is 0.0190. The first-order chi connectivity index (χ1) is 26.6. The van der Waals surface area contributed by atoms with Crippen molar-refractivity contribution in [1.82, 2.24) is 15.5 Å². The number of nitrogens with zero attached hydrogens (tertiary/aromatic N) is 2. The van der Waals surface area contributed by atoms with Crippen molar-refractivity contribution in [3.8, 4) is 0 Å². The Hall–Kier alpha value is -4.88. The third-order valence-electron chi connectivity index (χ3n) is 11.7. The number of amides is 4. The van der Waals surface area contributed by atoms with E-state index in [2.05, 4.69) is 21.3 Å². The van der Waals surface area contributed by atoms with Crippen molar-refractivity contribution >= 4 is 40.7 Å². The molecule has 2 unspecified atom stereocenters. The predicted octanol–water partition coefficient (Wildman–Crippen LogP) is 3.83. The van der Waals surface area contributed by atoms with E-state index in [0.29, 0.717) is 48.7 Å². The topological polar surface area (TPSA) is 163 Å². The summed E-state index contributed by atoms with van der Waals surface area (Å²) in [6.45, 7) is 5.24. The number of piperidine rings is 2. The molecule has 0 saturated carbocycles. The summed E-state index contributed by atoms with van der Waals surface area (Å²) in [7, 11) is 0. The molecule has 4 aliphatic rings. The van der Waals surface area contributed by atoms with Crippen LogP contribution >= 0.6 is 0 Å². The fourth-order valence-corrected chi connectivity index (χ4v) is 8.37. The fraction of sp³-hybridized carbons (Fsp3) is 0.442. The number of benzene rings is 3. The van der Waals surface area contributed by atoms with Crippen molar-refractivity contribution in [2.24, 2.45) is 17.8 Å². The molecule has 2 fully saturated rings. The van der Waals surface area contributed by atoms with Crippen LogP contribution in [0.15, 0.2) is 78.9 Å². The molecule has 0 bridgehead atoms. The second kappa shape index (κ2) is 16.9. The highest BCUT2D eigenvalue weighted by atomic mass is 16.3. The van der Waals surface area contributed by atoms with Crippen LogP contribution in [0.25, 0.3) is 0 Å². The van der Waals surface area contributed by atoms with Crippen LogP contribution in [0, 0.1) is 17.8 Å². The van der Waals surface area contributed by atoms with Gasteiger partial charge in [0.1, 0.15) is 0 Å². The molecule has 12 heteroatoms. The molecule has 4 aliphatic heterocycles. The van der Waals surface area contributed by atoms with E-state index in [1.165, 1.54) is 0 Å². The van der Waals surface area contributed by atoms with Gasteiger partial charge in [-0.1, -0.05) is 55.5 Å². The number of fused-ring (bicyclic) bond motifs is 2. The van der Waals surface area contributed by atoms with Crippen LogP contribution in [-0.2, 0) is 44.3 Å². The van der Waals surface area contributed by atoms with Gasteiger partial charge in [0.15, 0.2) is 5.60 Å². The van der Waals surface area contributed by atoms with Gasteiger partial charge in [0.2, 0.25) is 17.7 Å². The second-order valence-electron chi connectivity index (χ2n) is 15.4. The Bertz CT molecular complexity index is 1920. The number of rotatable bonds is 11. The molecule has 7 rings (SSSR count). The van der Waals surface area contributed by atoms with E-state index in [-0.39, 0.29) is 55.2 Å². The molecule has 2 saturated heterocycles. The fourth-order valence-electron chi connectivity index (χ4n) is 8.37. The summed E-state index contributed by atoms with van der Waals surface area (Å²) in [5.74, 6) is -1.79. The monoisotopic (exact) mass is 748 g/mol. The molecule has 0 spiro atoms. The van der Waals surface area contributed by atoms with Crippen molar-refractivity contribution in [3.63, 3.8) is 0 Å². The largest absolute Gasteiger partial charge is 0.394 e. The van der Waals surface area contributed by atoms with Gasteiger partial charge in [-0.3, -0.25) is 19.2 Å². The second-order valence-corrected chi connectivity index (χ2v) is 15.4. The normalized spacial score (nSPS) is 24.3. The number of nitrogens with one attached hydrogen (secondary N) is 4. The van der Waals surface area contributed by atoms with Crippen LogP contribution in [0.3, 0.4) is 0 Å². The highest BCUT2D eigenvalue weighted by Crippen LogP contribution is 2.47. The Morgan fingerprint density at radius 2 is 1.55 bits per heavy atom. The lowest BCUT2D eigenvalue weighted by molar-refractivity contribution is -0.139. The minimum Gasteiger partial charge on any atom is -0.394 e. The lowest BCUT2D eigenvalue weighted by Crippen LogP contribution is -2.46. The number of carbonyl (C=O) groups is 4. The number of aliphatic hydroxyl groups excluding tert-OH is 1.